The minimum absolute atomic E-state index is 0.228. The summed E-state index contributed by atoms with van der Waals surface area (Å²) < 4.78 is 10.0. The van der Waals surface area contributed by atoms with Gasteiger partial charge in [0.1, 0.15) is 5.60 Å². The fraction of sp³-hybridized carbons (Fsp3) is 0.800. The Morgan fingerprint density at radius 2 is 2.06 bits per heavy atom. The summed E-state index contributed by atoms with van der Waals surface area (Å²) in [5, 5.41) is 11.1. The van der Waals surface area contributed by atoms with Crippen molar-refractivity contribution in [3.05, 3.63) is 0 Å². The Hall–Kier alpha value is -1.30. The third kappa shape index (κ3) is 4.06. The quantitative estimate of drug-likeness (QED) is 0.748. The molecule has 1 saturated heterocycles. The molecule has 0 aliphatic carbocycles. The summed E-state index contributed by atoms with van der Waals surface area (Å²) >= 11 is 0. The van der Waals surface area contributed by atoms with Gasteiger partial charge < -0.3 is 19.9 Å². The number of alkyl carbamates (subject to hydrolysis) is 1. The van der Waals surface area contributed by atoms with Crippen LogP contribution in [-0.2, 0) is 14.3 Å². The number of carbonyl (C=O) groups excluding carboxylic acids is 1. The zero-order valence-electron chi connectivity index (χ0n) is 9.65. The average molecular weight is 231 g/mol. The summed E-state index contributed by atoms with van der Waals surface area (Å²) in [4.78, 5) is 21.6. The van der Waals surface area contributed by atoms with Gasteiger partial charge in [0.25, 0.3) is 0 Å². The first-order valence-electron chi connectivity index (χ1n) is 5.13. The molecule has 92 valence electrons. The van der Waals surface area contributed by atoms with Crippen LogP contribution in [-0.4, -0.2) is 41.5 Å². The lowest BCUT2D eigenvalue weighted by atomic mass is 10.1. The molecule has 2 atom stereocenters. The second-order valence-corrected chi connectivity index (χ2v) is 4.70. The first-order chi connectivity index (χ1) is 7.28. The van der Waals surface area contributed by atoms with Gasteiger partial charge in [-0.2, -0.15) is 0 Å². The molecular formula is C10H17NO5. The Balaban J connectivity index is 2.13. The van der Waals surface area contributed by atoms with E-state index < -0.39 is 23.8 Å². The van der Waals surface area contributed by atoms with Crippen LogP contribution in [0, 0.1) is 0 Å². The van der Waals surface area contributed by atoms with Gasteiger partial charge in [-0.05, 0) is 20.8 Å². The zero-order chi connectivity index (χ0) is 12.3. The third-order valence-electron chi connectivity index (χ3n) is 1.98. The van der Waals surface area contributed by atoms with Crippen LogP contribution in [0.15, 0.2) is 0 Å². The minimum atomic E-state index is -0.964. The van der Waals surface area contributed by atoms with Crippen molar-refractivity contribution in [1.29, 1.82) is 0 Å². The van der Waals surface area contributed by atoms with Crippen LogP contribution < -0.4 is 5.32 Å². The maximum absolute atomic E-state index is 11.2. The second-order valence-electron chi connectivity index (χ2n) is 4.70. The van der Waals surface area contributed by atoms with E-state index in [1.807, 2.05) is 0 Å². The monoisotopic (exact) mass is 231 g/mol. The number of hydrogen-bond acceptors (Lipinski definition) is 4. The topological polar surface area (TPSA) is 84.9 Å². The van der Waals surface area contributed by atoms with Crippen molar-refractivity contribution in [2.75, 3.05) is 6.54 Å². The SMILES string of the molecule is CC(C)(C)OC(=O)NCC1CC(C(=O)O)O1. The Labute approximate surface area is 93.9 Å². The van der Waals surface area contributed by atoms with Crippen LogP contribution in [0.1, 0.15) is 27.2 Å². The molecule has 1 fully saturated rings. The first kappa shape index (κ1) is 12.8. The number of carboxylic acids is 1. The van der Waals surface area contributed by atoms with E-state index in [1.165, 1.54) is 0 Å². The molecule has 0 aromatic rings. The van der Waals surface area contributed by atoms with Crippen molar-refractivity contribution in [3.63, 3.8) is 0 Å². The molecule has 1 aliphatic heterocycles. The van der Waals surface area contributed by atoms with E-state index in [9.17, 15) is 9.59 Å². The highest BCUT2D eigenvalue weighted by Gasteiger charge is 2.35. The molecule has 1 amide bonds. The number of ether oxygens (including phenoxy) is 2. The molecule has 0 aromatic carbocycles. The molecule has 6 nitrogen and oxygen atoms in total. The normalized spacial score (nSPS) is 24.4. The highest BCUT2D eigenvalue weighted by atomic mass is 16.6. The molecule has 16 heavy (non-hydrogen) atoms. The standard InChI is InChI=1S/C10H17NO5/c1-10(2,3)16-9(14)11-5-6-4-7(15-6)8(12)13/h6-7H,4-5H2,1-3H3,(H,11,14)(H,12,13). The van der Waals surface area contributed by atoms with E-state index in [1.54, 1.807) is 20.8 Å². The highest BCUT2D eigenvalue weighted by Crippen LogP contribution is 2.19. The van der Waals surface area contributed by atoms with Crippen molar-refractivity contribution in [2.24, 2.45) is 0 Å². The predicted molar refractivity (Wildman–Crippen MR) is 55.2 cm³/mol. The Morgan fingerprint density at radius 1 is 1.50 bits per heavy atom. The molecule has 0 spiro atoms. The Kier molecular flexibility index (Phi) is 3.74. The first-order valence-corrected chi connectivity index (χ1v) is 5.13. The minimum Gasteiger partial charge on any atom is -0.479 e. The molecular weight excluding hydrogens is 214 g/mol. The van der Waals surface area contributed by atoms with Gasteiger partial charge in [0.05, 0.1) is 6.10 Å². The van der Waals surface area contributed by atoms with Crippen LogP contribution in [0.2, 0.25) is 0 Å². The molecule has 6 heteroatoms. The molecule has 0 radical (unpaired) electrons. The number of nitrogens with one attached hydrogen (secondary N) is 1. The molecule has 1 heterocycles. The largest absolute Gasteiger partial charge is 0.479 e. The van der Waals surface area contributed by atoms with Gasteiger partial charge in [0.2, 0.25) is 0 Å². The van der Waals surface area contributed by atoms with Crippen molar-refractivity contribution >= 4 is 12.1 Å². The Morgan fingerprint density at radius 3 is 2.50 bits per heavy atom. The third-order valence-corrected chi connectivity index (χ3v) is 1.98. The fourth-order valence-corrected chi connectivity index (χ4v) is 1.26. The summed E-state index contributed by atoms with van der Waals surface area (Å²) in [6, 6.07) is 0. The fourth-order valence-electron chi connectivity index (χ4n) is 1.26. The molecule has 1 rings (SSSR count). The molecule has 2 unspecified atom stereocenters. The van der Waals surface area contributed by atoms with Crippen LogP contribution in [0.3, 0.4) is 0 Å². The smallest absolute Gasteiger partial charge is 0.407 e. The van der Waals surface area contributed by atoms with Crippen LogP contribution in [0.25, 0.3) is 0 Å². The summed E-state index contributed by atoms with van der Waals surface area (Å²) in [6.45, 7) is 5.59. The Bertz CT molecular complexity index is 277. The molecule has 2 N–H and O–H groups in total. The summed E-state index contributed by atoms with van der Waals surface area (Å²) in [5.74, 6) is -0.964. The van der Waals surface area contributed by atoms with Gasteiger partial charge in [0.15, 0.2) is 6.10 Å². The number of aliphatic carboxylic acids is 1. The van der Waals surface area contributed by atoms with E-state index >= 15 is 0 Å². The second kappa shape index (κ2) is 4.69. The van der Waals surface area contributed by atoms with Gasteiger partial charge >= 0.3 is 12.1 Å². The van der Waals surface area contributed by atoms with Gasteiger partial charge in [-0.3, -0.25) is 0 Å². The molecule has 0 saturated carbocycles. The highest BCUT2D eigenvalue weighted by molar-refractivity contribution is 5.73. The van der Waals surface area contributed by atoms with E-state index in [0.29, 0.717) is 6.42 Å². The maximum atomic E-state index is 11.2. The average Bonchev–Trinajstić information content (AvgIpc) is 1.96. The number of carboxylic acid groups (broad SMARTS) is 1. The summed E-state index contributed by atoms with van der Waals surface area (Å²) in [5.41, 5.74) is -0.534. The van der Waals surface area contributed by atoms with Gasteiger partial charge in [-0.15, -0.1) is 0 Å². The predicted octanol–water partition coefficient (Wildman–Crippen LogP) is 0.753. The van der Waals surface area contributed by atoms with Crippen LogP contribution in [0.5, 0.6) is 0 Å². The number of carbonyl (C=O) groups is 2. The summed E-state index contributed by atoms with van der Waals surface area (Å²) in [7, 11) is 0. The van der Waals surface area contributed by atoms with Crippen molar-refractivity contribution in [3.8, 4) is 0 Å². The van der Waals surface area contributed by atoms with Gasteiger partial charge in [0, 0.05) is 13.0 Å². The molecule has 0 aromatic heterocycles. The van der Waals surface area contributed by atoms with Gasteiger partial charge in [-0.25, -0.2) is 9.59 Å². The van der Waals surface area contributed by atoms with Crippen molar-refractivity contribution in [2.45, 2.75) is 45.0 Å². The van der Waals surface area contributed by atoms with E-state index in [4.69, 9.17) is 14.6 Å². The van der Waals surface area contributed by atoms with E-state index in [-0.39, 0.29) is 12.6 Å². The van der Waals surface area contributed by atoms with E-state index in [0.717, 1.165) is 0 Å². The zero-order valence-corrected chi connectivity index (χ0v) is 9.65. The molecule has 0 bridgehead atoms. The number of hydrogen-bond donors (Lipinski definition) is 2. The lowest BCUT2D eigenvalue weighted by molar-refractivity contribution is -0.177. The van der Waals surface area contributed by atoms with Crippen molar-refractivity contribution in [1.82, 2.24) is 5.32 Å². The van der Waals surface area contributed by atoms with Crippen LogP contribution in [0.4, 0.5) is 4.79 Å². The van der Waals surface area contributed by atoms with Gasteiger partial charge in [-0.1, -0.05) is 0 Å². The maximum Gasteiger partial charge on any atom is 0.407 e. The van der Waals surface area contributed by atoms with Crippen LogP contribution >= 0.6 is 0 Å². The summed E-state index contributed by atoms with van der Waals surface area (Å²) in [6.07, 6.45) is -1.06. The lowest BCUT2D eigenvalue weighted by Gasteiger charge is -2.33. The number of amides is 1. The number of rotatable bonds is 3. The molecule has 1 aliphatic rings. The van der Waals surface area contributed by atoms with Crippen molar-refractivity contribution < 1.29 is 24.2 Å². The lowest BCUT2D eigenvalue weighted by Crippen LogP contribution is -2.49. The van der Waals surface area contributed by atoms with E-state index in [2.05, 4.69) is 5.32 Å².